The third-order valence-corrected chi connectivity index (χ3v) is 6.60. The minimum atomic E-state index is 0.122. The molecule has 154 valence electrons. The molecule has 0 saturated carbocycles. The number of nitrogens with zero attached hydrogens (tertiary/aromatic N) is 3. The van der Waals surface area contributed by atoms with Gasteiger partial charge in [0, 0.05) is 57.4 Å². The Morgan fingerprint density at radius 2 is 2.07 bits per heavy atom. The summed E-state index contributed by atoms with van der Waals surface area (Å²) in [5.41, 5.74) is 2.59. The van der Waals surface area contributed by atoms with Crippen LogP contribution in [0.15, 0.2) is 24.3 Å². The van der Waals surface area contributed by atoms with E-state index in [4.69, 9.17) is 4.74 Å². The molecule has 3 saturated heterocycles. The first-order valence-corrected chi connectivity index (χ1v) is 10.7. The first kappa shape index (κ1) is 19.7. The fraction of sp³-hybridized carbons (Fsp3) is 0.682. The number of ether oxygens (including phenoxy) is 1. The Labute approximate surface area is 168 Å². The summed E-state index contributed by atoms with van der Waals surface area (Å²) in [5, 5.41) is 3.30. The van der Waals surface area contributed by atoms with Crippen LogP contribution in [-0.2, 0) is 9.53 Å². The molecule has 1 N–H and O–H groups in total. The molecule has 4 atom stereocenters. The van der Waals surface area contributed by atoms with Crippen LogP contribution in [0.3, 0.4) is 0 Å². The minimum absolute atomic E-state index is 0.122. The number of amides is 1. The highest BCUT2D eigenvalue weighted by Crippen LogP contribution is 2.36. The number of morpholine rings is 1. The molecule has 4 rings (SSSR count). The van der Waals surface area contributed by atoms with Gasteiger partial charge in [0.15, 0.2) is 0 Å². The van der Waals surface area contributed by atoms with Gasteiger partial charge in [0.1, 0.15) is 0 Å². The molecule has 1 aromatic carbocycles. The number of piperidine rings is 1. The molecule has 2 unspecified atom stereocenters. The Balaban J connectivity index is 1.51. The van der Waals surface area contributed by atoms with Crippen molar-refractivity contribution < 1.29 is 9.53 Å². The van der Waals surface area contributed by atoms with Crippen LogP contribution < -0.4 is 10.2 Å². The third kappa shape index (κ3) is 4.04. The lowest BCUT2D eigenvalue weighted by molar-refractivity contribution is -0.130. The van der Waals surface area contributed by atoms with Crippen LogP contribution in [0.25, 0.3) is 0 Å². The summed E-state index contributed by atoms with van der Waals surface area (Å²) in [5.74, 6) is 0.188. The fourth-order valence-electron chi connectivity index (χ4n) is 5.14. The van der Waals surface area contributed by atoms with Crippen molar-refractivity contribution in [1.29, 1.82) is 0 Å². The van der Waals surface area contributed by atoms with Crippen LogP contribution in [-0.4, -0.2) is 74.4 Å². The van der Waals surface area contributed by atoms with Gasteiger partial charge in [-0.15, -0.1) is 0 Å². The monoisotopic (exact) mass is 386 g/mol. The second-order valence-corrected chi connectivity index (χ2v) is 8.72. The van der Waals surface area contributed by atoms with Crippen LogP contribution in [0.5, 0.6) is 0 Å². The number of hydrogen-bond donors (Lipinski definition) is 1. The number of rotatable bonds is 4. The standard InChI is InChI=1S/C22H34N4O2/c1-16-15-28-11-10-25(16)19-13-21(23-22(27)14-19)26-9-5-8-20(26)17-6-4-7-18(12-17)24(2)3/h4,6-7,12,16,19-21H,5,8-11,13-15H2,1-3H3,(H,23,27)/t16-,19?,20-,21?/m1/s1. The van der Waals surface area contributed by atoms with E-state index in [9.17, 15) is 4.79 Å². The van der Waals surface area contributed by atoms with Gasteiger partial charge in [-0.05, 0) is 43.9 Å². The molecule has 6 nitrogen and oxygen atoms in total. The van der Waals surface area contributed by atoms with Gasteiger partial charge in [-0.25, -0.2) is 0 Å². The van der Waals surface area contributed by atoms with Gasteiger partial charge in [-0.1, -0.05) is 12.1 Å². The van der Waals surface area contributed by atoms with Gasteiger partial charge >= 0.3 is 0 Å². The number of nitrogens with one attached hydrogen (secondary N) is 1. The molecule has 0 radical (unpaired) electrons. The van der Waals surface area contributed by atoms with E-state index >= 15 is 0 Å². The van der Waals surface area contributed by atoms with Gasteiger partial charge in [-0.3, -0.25) is 14.6 Å². The second kappa shape index (κ2) is 8.39. The molecular weight excluding hydrogens is 352 g/mol. The Bertz CT molecular complexity index is 695. The highest BCUT2D eigenvalue weighted by molar-refractivity contribution is 5.77. The summed E-state index contributed by atoms with van der Waals surface area (Å²) < 4.78 is 5.61. The Hall–Kier alpha value is -1.63. The van der Waals surface area contributed by atoms with Gasteiger partial charge in [0.05, 0.1) is 19.4 Å². The number of carbonyl (C=O) groups is 1. The molecular formula is C22H34N4O2. The average Bonchev–Trinajstić information content (AvgIpc) is 3.18. The van der Waals surface area contributed by atoms with E-state index in [0.717, 1.165) is 39.1 Å². The number of hydrogen-bond acceptors (Lipinski definition) is 5. The molecule has 3 aliphatic heterocycles. The molecule has 3 heterocycles. The summed E-state index contributed by atoms with van der Waals surface area (Å²) in [6.07, 6.45) is 4.07. The Morgan fingerprint density at radius 3 is 2.86 bits per heavy atom. The smallest absolute Gasteiger partial charge is 0.222 e. The van der Waals surface area contributed by atoms with Crippen LogP contribution in [0.2, 0.25) is 0 Å². The Morgan fingerprint density at radius 1 is 1.21 bits per heavy atom. The van der Waals surface area contributed by atoms with Crippen molar-refractivity contribution in [3.8, 4) is 0 Å². The summed E-state index contributed by atoms with van der Waals surface area (Å²) in [6.45, 7) is 5.74. The van der Waals surface area contributed by atoms with Crippen molar-refractivity contribution in [2.45, 2.75) is 56.9 Å². The van der Waals surface area contributed by atoms with Crippen molar-refractivity contribution in [2.24, 2.45) is 0 Å². The molecule has 1 amide bonds. The van der Waals surface area contributed by atoms with Gasteiger partial charge < -0.3 is 15.0 Å². The molecule has 3 fully saturated rings. The normalized spacial score (nSPS) is 32.3. The van der Waals surface area contributed by atoms with Crippen LogP contribution in [0.1, 0.15) is 44.2 Å². The average molecular weight is 387 g/mol. The van der Waals surface area contributed by atoms with E-state index in [2.05, 4.69) is 65.3 Å². The zero-order valence-corrected chi connectivity index (χ0v) is 17.4. The number of benzene rings is 1. The summed E-state index contributed by atoms with van der Waals surface area (Å²) in [6, 6.07) is 9.92. The van der Waals surface area contributed by atoms with Crippen molar-refractivity contribution in [1.82, 2.24) is 15.1 Å². The predicted molar refractivity (Wildman–Crippen MR) is 111 cm³/mol. The van der Waals surface area contributed by atoms with Crippen LogP contribution in [0, 0.1) is 0 Å². The van der Waals surface area contributed by atoms with Crippen molar-refractivity contribution in [3.05, 3.63) is 29.8 Å². The molecule has 0 aliphatic carbocycles. The van der Waals surface area contributed by atoms with Crippen molar-refractivity contribution >= 4 is 11.6 Å². The third-order valence-electron chi connectivity index (χ3n) is 6.60. The van der Waals surface area contributed by atoms with E-state index in [-0.39, 0.29) is 12.1 Å². The van der Waals surface area contributed by atoms with E-state index in [1.54, 1.807) is 0 Å². The molecule has 0 spiro atoms. The highest BCUT2D eigenvalue weighted by Gasteiger charge is 2.39. The second-order valence-electron chi connectivity index (χ2n) is 8.72. The summed E-state index contributed by atoms with van der Waals surface area (Å²) in [7, 11) is 4.17. The molecule has 28 heavy (non-hydrogen) atoms. The van der Waals surface area contributed by atoms with Crippen molar-refractivity contribution in [3.63, 3.8) is 0 Å². The summed E-state index contributed by atoms with van der Waals surface area (Å²) in [4.78, 5) is 19.8. The Kier molecular flexibility index (Phi) is 5.90. The zero-order valence-electron chi connectivity index (χ0n) is 17.4. The highest BCUT2D eigenvalue weighted by atomic mass is 16.5. The lowest BCUT2D eigenvalue weighted by Gasteiger charge is -2.45. The quantitative estimate of drug-likeness (QED) is 0.860. The predicted octanol–water partition coefficient (Wildman–Crippen LogP) is 2.21. The maximum Gasteiger partial charge on any atom is 0.222 e. The topological polar surface area (TPSA) is 48.1 Å². The van der Waals surface area contributed by atoms with Gasteiger partial charge in [0.25, 0.3) is 0 Å². The maximum absolute atomic E-state index is 12.6. The maximum atomic E-state index is 12.6. The summed E-state index contributed by atoms with van der Waals surface area (Å²) >= 11 is 0. The molecule has 6 heteroatoms. The lowest BCUT2D eigenvalue weighted by Crippen LogP contribution is -2.59. The molecule has 1 aromatic rings. The number of anilines is 1. The molecule has 3 aliphatic rings. The van der Waals surface area contributed by atoms with E-state index in [1.165, 1.54) is 17.7 Å². The largest absolute Gasteiger partial charge is 0.379 e. The number of carbonyl (C=O) groups excluding carboxylic acids is 1. The fourth-order valence-corrected chi connectivity index (χ4v) is 5.14. The minimum Gasteiger partial charge on any atom is -0.379 e. The van der Waals surface area contributed by atoms with Crippen molar-refractivity contribution in [2.75, 3.05) is 45.3 Å². The van der Waals surface area contributed by atoms with Crippen LogP contribution in [0.4, 0.5) is 5.69 Å². The first-order valence-electron chi connectivity index (χ1n) is 10.7. The van der Waals surface area contributed by atoms with Gasteiger partial charge in [0.2, 0.25) is 5.91 Å². The molecule has 0 aromatic heterocycles. The van der Waals surface area contributed by atoms with E-state index < -0.39 is 0 Å². The first-order chi connectivity index (χ1) is 13.5. The van der Waals surface area contributed by atoms with Crippen LogP contribution >= 0.6 is 0 Å². The zero-order chi connectivity index (χ0) is 19.7. The SMILES string of the molecule is C[C@@H]1COCCN1C1CC(=O)NC(N2CCC[C@@H]2c2cccc(N(C)C)c2)C1. The van der Waals surface area contributed by atoms with E-state index in [0.29, 0.717) is 24.5 Å². The lowest BCUT2D eigenvalue weighted by atomic mass is 9.97. The van der Waals surface area contributed by atoms with E-state index in [1.807, 2.05) is 0 Å². The van der Waals surface area contributed by atoms with Gasteiger partial charge in [-0.2, -0.15) is 0 Å². The molecule has 0 bridgehead atoms. The number of likely N-dealkylation sites (tertiary alicyclic amines) is 1.